The minimum Gasteiger partial charge on any atom is -0.313 e. The number of hydrogen-bond donors (Lipinski definition) is 0. The van der Waals surface area contributed by atoms with Crippen LogP contribution < -0.4 is 0 Å². The summed E-state index contributed by atoms with van der Waals surface area (Å²) in [6.07, 6.45) is 0.847. The first-order valence-corrected chi connectivity index (χ1v) is 6.61. The zero-order valence-corrected chi connectivity index (χ0v) is 11.7. The summed E-state index contributed by atoms with van der Waals surface area (Å²) in [4.78, 5) is 19.1. The molecule has 1 aromatic rings. The van der Waals surface area contributed by atoms with Crippen molar-refractivity contribution in [2.24, 2.45) is 11.1 Å². The van der Waals surface area contributed by atoms with E-state index >= 15 is 0 Å². The maximum absolute atomic E-state index is 11.8. The predicted octanol–water partition coefficient (Wildman–Crippen LogP) is 2.56. The molecule has 102 valence electrons. The molecule has 1 aromatic carbocycles. The fourth-order valence-corrected chi connectivity index (χ4v) is 2.23. The highest BCUT2D eigenvalue weighted by molar-refractivity contribution is 5.91. The number of oxime groups is 1. The molecule has 0 spiro atoms. The lowest BCUT2D eigenvalue weighted by Crippen LogP contribution is -2.43. The van der Waals surface area contributed by atoms with E-state index in [4.69, 9.17) is 4.84 Å². The van der Waals surface area contributed by atoms with Crippen molar-refractivity contribution in [3.63, 3.8) is 0 Å². The second-order valence-electron chi connectivity index (χ2n) is 5.22. The monoisotopic (exact) mass is 260 g/mol. The summed E-state index contributed by atoms with van der Waals surface area (Å²) in [7, 11) is 2.11. The van der Waals surface area contributed by atoms with Gasteiger partial charge in [-0.25, -0.2) is 4.79 Å². The molecular weight excluding hydrogens is 240 g/mol. The van der Waals surface area contributed by atoms with E-state index in [0.29, 0.717) is 17.5 Å². The van der Waals surface area contributed by atoms with Crippen LogP contribution in [0.5, 0.6) is 0 Å². The molecule has 0 N–H and O–H groups in total. The fourth-order valence-electron chi connectivity index (χ4n) is 2.23. The molecule has 0 bridgehead atoms. The molecule has 1 saturated heterocycles. The molecule has 2 rings (SSSR count). The highest BCUT2D eigenvalue weighted by atomic mass is 16.7. The molecule has 1 aliphatic rings. The highest BCUT2D eigenvalue weighted by Crippen LogP contribution is 2.18. The lowest BCUT2D eigenvalue weighted by molar-refractivity contribution is 0.0508. The molecular formula is C15H20N2O2. The van der Waals surface area contributed by atoms with Crippen LogP contribution >= 0.6 is 0 Å². The van der Waals surface area contributed by atoms with Crippen molar-refractivity contribution >= 4 is 11.7 Å². The number of carbonyl (C=O) groups excluding carboxylic acids is 1. The highest BCUT2D eigenvalue weighted by Gasteiger charge is 2.26. The summed E-state index contributed by atoms with van der Waals surface area (Å²) in [5.74, 6) is -0.0725. The molecule has 0 unspecified atom stereocenters. The second kappa shape index (κ2) is 5.97. The Morgan fingerprint density at radius 3 is 2.68 bits per heavy atom. The van der Waals surface area contributed by atoms with E-state index < -0.39 is 5.97 Å². The van der Waals surface area contributed by atoms with Crippen LogP contribution in [0.1, 0.15) is 30.6 Å². The van der Waals surface area contributed by atoms with Crippen molar-refractivity contribution in [1.29, 1.82) is 0 Å². The number of piperidine rings is 1. The van der Waals surface area contributed by atoms with Crippen LogP contribution in [-0.4, -0.2) is 36.2 Å². The smallest absolute Gasteiger partial charge is 0.313 e. The van der Waals surface area contributed by atoms with Crippen molar-refractivity contribution in [3.05, 3.63) is 35.9 Å². The Hall–Kier alpha value is -1.68. The van der Waals surface area contributed by atoms with Gasteiger partial charge < -0.3 is 9.74 Å². The van der Waals surface area contributed by atoms with Crippen LogP contribution in [0, 0.1) is 5.92 Å². The van der Waals surface area contributed by atoms with Gasteiger partial charge in [-0.2, -0.15) is 0 Å². The molecule has 0 aliphatic carbocycles. The van der Waals surface area contributed by atoms with Crippen molar-refractivity contribution < 1.29 is 9.63 Å². The summed E-state index contributed by atoms with van der Waals surface area (Å²) in [5.41, 5.74) is 1.50. The van der Waals surface area contributed by atoms with Crippen LogP contribution in [0.4, 0.5) is 0 Å². The van der Waals surface area contributed by atoms with E-state index in [9.17, 15) is 4.79 Å². The van der Waals surface area contributed by atoms with E-state index in [1.165, 1.54) is 0 Å². The zero-order chi connectivity index (χ0) is 13.8. The van der Waals surface area contributed by atoms with Gasteiger partial charge in [-0.05, 0) is 26.1 Å². The van der Waals surface area contributed by atoms with Gasteiger partial charge in [0.15, 0.2) is 0 Å². The Labute approximate surface area is 114 Å². The molecule has 0 aromatic heterocycles. The third-order valence-electron chi connectivity index (χ3n) is 3.64. The largest absolute Gasteiger partial charge is 0.365 e. The van der Waals surface area contributed by atoms with Gasteiger partial charge in [-0.15, -0.1) is 0 Å². The maximum Gasteiger partial charge on any atom is 0.365 e. The first-order chi connectivity index (χ1) is 9.08. The Morgan fingerprint density at radius 1 is 1.32 bits per heavy atom. The Bertz CT molecular complexity index is 470. The molecule has 0 amide bonds. The zero-order valence-electron chi connectivity index (χ0n) is 11.7. The number of likely N-dealkylation sites (tertiary alicyclic amines) is 1. The fraction of sp³-hybridized carbons (Fsp3) is 0.467. The maximum atomic E-state index is 11.8. The van der Waals surface area contributed by atoms with Crippen molar-refractivity contribution in [3.8, 4) is 0 Å². The molecule has 4 heteroatoms. The average molecular weight is 260 g/mol. The van der Waals surface area contributed by atoms with Crippen LogP contribution in [-0.2, 0) is 4.84 Å². The van der Waals surface area contributed by atoms with E-state index in [1.54, 1.807) is 12.1 Å². The molecule has 4 nitrogen and oxygen atoms in total. The van der Waals surface area contributed by atoms with E-state index in [2.05, 4.69) is 31.0 Å². The van der Waals surface area contributed by atoms with Gasteiger partial charge in [-0.3, -0.25) is 0 Å². The van der Waals surface area contributed by atoms with Gasteiger partial charge in [0.2, 0.25) is 0 Å². The number of rotatable bonds is 2. The van der Waals surface area contributed by atoms with Gasteiger partial charge in [0, 0.05) is 24.9 Å². The summed E-state index contributed by atoms with van der Waals surface area (Å²) >= 11 is 0. The number of carbonyl (C=O) groups is 1. The topological polar surface area (TPSA) is 41.9 Å². The van der Waals surface area contributed by atoms with Gasteiger partial charge in [0.25, 0.3) is 0 Å². The number of benzene rings is 1. The quantitative estimate of drug-likeness (QED) is 0.606. The SMILES string of the molecule is C[C@H]1CN(C)[C@@H](C)C/C1=N\OC(=O)c1ccccc1. The third-order valence-corrected chi connectivity index (χ3v) is 3.64. The lowest BCUT2D eigenvalue weighted by Gasteiger charge is -2.34. The lowest BCUT2D eigenvalue weighted by atomic mass is 9.93. The summed E-state index contributed by atoms with van der Waals surface area (Å²) in [5, 5.41) is 4.07. The molecule has 19 heavy (non-hydrogen) atoms. The van der Waals surface area contributed by atoms with E-state index in [0.717, 1.165) is 18.7 Å². The molecule has 1 heterocycles. The summed E-state index contributed by atoms with van der Waals surface area (Å²) in [6.45, 7) is 5.21. The van der Waals surface area contributed by atoms with Gasteiger partial charge in [-0.1, -0.05) is 30.3 Å². The molecule has 0 saturated carbocycles. The van der Waals surface area contributed by atoms with Crippen LogP contribution in [0.25, 0.3) is 0 Å². The van der Waals surface area contributed by atoms with E-state index in [-0.39, 0.29) is 0 Å². The molecule has 1 fully saturated rings. The van der Waals surface area contributed by atoms with Crippen LogP contribution in [0.15, 0.2) is 35.5 Å². The standard InChI is InChI=1S/C15H20N2O2/c1-11-10-17(3)12(2)9-14(11)16-19-15(18)13-7-5-4-6-8-13/h4-8,11-12H,9-10H2,1-3H3/b16-14+/t11-,12-/m0/s1. The summed E-state index contributed by atoms with van der Waals surface area (Å²) < 4.78 is 0. The summed E-state index contributed by atoms with van der Waals surface area (Å²) in [6, 6.07) is 9.37. The second-order valence-corrected chi connectivity index (χ2v) is 5.22. The van der Waals surface area contributed by atoms with Gasteiger partial charge >= 0.3 is 5.97 Å². The Kier molecular flexibility index (Phi) is 4.32. The normalized spacial score (nSPS) is 26.4. The average Bonchev–Trinajstić information content (AvgIpc) is 2.42. The first kappa shape index (κ1) is 13.7. The van der Waals surface area contributed by atoms with Crippen LogP contribution in [0.3, 0.4) is 0 Å². The van der Waals surface area contributed by atoms with Crippen molar-refractivity contribution in [1.82, 2.24) is 4.90 Å². The molecule has 2 atom stereocenters. The van der Waals surface area contributed by atoms with Crippen molar-refractivity contribution in [2.75, 3.05) is 13.6 Å². The third kappa shape index (κ3) is 3.41. The molecule has 0 radical (unpaired) electrons. The minimum absolute atomic E-state index is 0.324. The first-order valence-electron chi connectivity index (χ1n) is 6.61. The predicted molar refractivity (Wildman–Crippen MR) is 75.2 cm³/mol. The van der Waals surface area contributed by atoms with Crippen LogP contribution in [0.2, 0.25) is 0 Å². The molecule has 1 aliphatic heterocycles. The van der Waals surface area contributed by atoms with Crippen molar-refractivity contribution in [2.45, 2.75) is 26.3 Å². The minimum atomic E-state index is -0.396. The van der Waals surface area contributed by atoms with Gasteiger partial charge in [0.1, 0.15) is 0 Å². The van der Waals surface area contributed by atoms with E-state index in [1.807, 2.05) is 18.2 Å². The number of nitrogens with zero attached hydrogens (tertiary/aromatic N) is 2. The Morgan fingerprint density at radius 2 is 2.00 bits per heavy atom. The number of hydrogen-bond acceptors (Lipinski definition) is 4. The Balaban J connectivity index is 2.00. The van der Waals surface area contributed by atoms with Gasteiger partial charge in [0.05, 0.1) is 11.3 Å².